The summed E-state index contributed by atoms with van der Waals surface area (Å²) in [4.78, 5) is 2.02. The second-order valence-electron chi connectivity index (χ2n) is 16.5. The Balaban J connectivity index is 0.893. The molecule has 66 heavy (non-hydrogen) atoms. The Bertz CT molecular complexity index is 3880. The Morgan fingerprint density at radius 3 is 1.27 bits per heavy atom. The summed E-state index contributed by atoms with van der Waals surface area (Å²) in [6, 6.07) is 69.3. The van der Waals surface area contributed by atoms with Crippen molar-refractivity contribution in [2.45, 2.75) is 5.41 Å². The van der Waals surface area contributed by atoms with Crippen LogP contribution in [0, 0.1) is 0 Å². The van der Waals surface area contributed by atoms with Crippen molar-refractivity contribution in [1.29, 1.82) is 0 Å². The van der Waals surface area contributed by atoms with Gasteiger partial charge in [0.25, 0.3) is 0 Å². The lowest BCUT2D eigenvalue weighted by molar-refractivity contribution is 0.769. The third-order valence-corrected chi connectivity index (χ3v) is 12.9. The molecule has 0 radical (unpaired) electrons. The molecule has 0 saturated heterocycles. The van der Waals surface area contributed by atoms with Crippen molar-refractivity contribution in [1.82, 2.24) is 0 Å². The molecule has 0 N–H and O–H groups in total. The van der Waals surface area contributed by atoms with Gasteiger partial charge in [-0.1, -0.05) is 224 Å². The molecule has 0 bridgehead atoms. The van der Waals surface area contributed by atoms with Crippen molar-refractivity contribution in [3.05, 3.63) is 295 Å². The molecule has 11 aromatic rings. The first kappa shape index (κ1) is 29.8. The summed E-state index contributed by atoms with van der Waals surface area (Å²) in [5, 5.41) is 2.00. The van der Waals surface area contributed by atoms with Crippen molar-refractivity contribution in [3.63, 3.8) is 0 Å². The highest BCUT2D eigenvalue weighted by Crippen LogP contribution is 2.56. The van der Waals surface area contributed by atoms with E-state index in [9.17, 15) is 0 Å². The van der Waals surface area contributed by atoms with Crippen molar-refractivity contribution in [2.75, 3.05) is 4.90 Å². The van der Waals surface area contributed by atoms with Crippen LogP contribution in [0.5, 0.6) is 0 Å². The summed E-state index contributed by atoms with van der Waals surface area (Å²) < 4.78 is 83.6. The van der Waals surface area contributed by atoms with E-state index in [-0.39, 0.29) is 35.3 Å². The lowest BCUT2D eigenvalue weighted by atomic mass is 9.67. The van der Waals surface area contributed by atoms with Gasteiger partial charge in [0.15, 0.2) is 0 Å². The van der Waals surface area contributed by atoms with Crippen LogP contribution >= 0.6 is 0 Å². The zero-order valence-electron chi connectivity index (χ0n) is 45.7. The molecule has 0 spiro atoms. The van der Waals surface area contributed by atoms with Crippen LogP contribution in [0.15, 0.2) is 273 Å². The zero-order valence-corrected chi connectivity index (χ0v) is 35.7. The van der Waals surface area contributed by atoms with Gasteiger partial charge in [-0.25, -0.2) is 0 Å². The van der Waals surface area contributed by atoms with Gasteiger partial charge >= 0.3 is 0 Å². The first-order valence-corrected chi connectivity index (χ1v) is 22.0. The van der Waals surface area contributed by atoms with E-state index < -0.39 is 41.7 Å². The van der Waals surface area contributed by atoms with Gasteiger partial charge in [0, 0.05) is 17.1 Å². The highest BCUT2D eigenvalue weighted by Gasteiger charge is 2.46. The molecule has 0 heterocycles. The van der Waals surface area contributed by atoms with Crippen LogP contribution in [0.4, 0.5) is 17.1 Å². The van der Waals surface area contributed by atoms with E-state index in [4.69, 9.17) is 13.7 Å². The number of nitrogens with zero attached hydrogens (tertiary/aromatic N) is 1. The minimum atomic E-state index is -0.490. The Kier molecular flexibility index (Phi) is 7.47. The molecular formula is C65H45N. The predicted molar refractivity (Wildman–Crippen MR) is 278 cm³/mol. The van der Waals surface area contributed by atoms with Crippen LogP contribution in [0.2, 0.25) is 0 Å². The molecule has 0 amide bonds. The van der Waals surface area contributed by atoms with Crippen molar-refractivity contribution < 1.29 is 13.7 Å². The van der Waals surface area contributed by atoms with Crippen molar-refractivity contribution in [2.24, 2.45) is 0 Å². The Labute approximate surface area is 401 Å². The Hall–Kier alpha value is -8.52. The molecule has 12 rings (SSSR count). The highest BCUT2D eigenvalue weighted by atomic mass is 15.1. The van der Waals surface area contributed by atoms with Crippen LogP contribution in [-0.4, -0.2) is 0 Å². The van der Waals surface area contributed by atoms with Gasteiger partial charge in [0.05, 0.1) is 19.1 Å². The molecule has 0 atom stereocenters. The number of hydrogen-bond acceptors (Lipinski definition) is 1. The van der Waals surface area contributed by atoms with Crippen molar-refractivity contribution in [3.8, 4) is 55.6 Å². The first-order chi connectivity index (χ1) is 36.8. The molecule has 1 heteroatoms. The average molecular weight is 850 g/mol. The third kappa shape index (κ3) is 6.81. The summed E-state index contributed by atoms with van der Waals surface area (Å²) in [6.07, 6.45) is 0. The lowest BCUT2D eigenvalue weighted by Crippen LogP contribution is -2.28. The fraction of sp³-hybridized carbons (Fsp3) is 0.0154. The summed E-state index contributed by atoms with van der Waals surface area (Å²) >= 11 is 0. The zero-order chi connectivity index (χ0) is 52.6. The van der Waals surface area contributed by atoms with Gasteiger partial charge in [-0.2, -0.15) is 0 Å². The fourth-order valence-electron chi connectivity index (χ4n) is 9.82. The van der Waals surface area contributed by atoms with Gasteiger partial charge in [0.2, 0.25) is 0 Å². The van der Waals surface area contributed by atoms with Crippen molar-refractivity contribution >= 4 is 27.8 Å². The Morgan fingerprint density at radius 2 is 0.697 bits per heavy atom. The van der Waals surface area contributed by atoms with Gasteiger partial charge in [0.1, 0.15) is 0 Å². The molecule has 0 aromatic heterocycles. The molecule has 11 aromatic carbocycles. The topological polar surface area (TPSA) is 3.24 Å². The molecule has 310 valence electrons. The fourth-order valence-corrected chi connectivity index (χ4v) is 9.82. The average Bonchev–Trinajstić information content (AvgIpc) is 3.83. The van der Waals surface area contributed by atoms with Crippen LogP contribution in [0.25, 0.3) is 66.4 Å². The number of fused-ring (bicyclic) bond motifs is 4. The molecule has 1 aliphatic carbocycles. The van der Waals surface area contributed by atoms with Crippen LogP contribution in [0.3, 0.4) is 0 Å². The molecule has 1 nitrogen and oxygen atoms in total. The maximum atomic E-state index is 8.59. The van der Waals surface area contributed by atoms with E-state index in [0.717, 1.165) is 38.7 Å². The minimum Gasteiger partial charge on any atom is -0.310 e. The number of rotatable bonds is 9. The standard InChI is InChI=1S/C65H45N/c1-5-15-46(16-6-1)48-31-37-58(38-32-48)66(59-39-33-49(34-40-59)47-17-7-2-8-18-47)60-41-35-53-43-52(29-30-54(53)44-60)50-25-27-51(28-26-50)55-36-42-62-61-23-13-14-24-63(61)65(64(62)45-55,56-19-9-3-10-20-56)57-21-11-4-12-22-57/h1-45H/i1D,2D,5D,6D,7D,8D,15D,16D,17D,18D. The Morgan fingerprint density at radius 1 is 0.288 bits per heavy atom. The molecule has 0 aliphatic heterocycles. The quantitative estimate of drug-likeness (QED) is 0.140. The number of benzene rings is 11. The number of anilines is 3. The molecule has 1 aliphatic rings. The SMILES string of the molecule is [2H]c1c([2H])c([2H])c(-c2ccc(N(c3ccc(-c4c([2H])c([2H])c([2H])c([2H])c4[2H])cc3)c3ccc4cc(-c5ccc(-c6ccc7c(c6)C(c6ccccc6)(c6ccccc6)c6ccccc6-7)cc5)ccc4c3)cc2)c([2H])c1[2H]. The van der Waals surface area contributed by atoms with Gasteiger partial charge in [-0.05, 0) is 137 Å². The molecule has 0 unspecified atom stereocenters. The minimum absolute atomic E-state index is 0.103. The van der Waals surface area contributed by atoms with E-state index in [1.807, 2.05) is 35.2 Å². The third-order valence-electron chi connectivity index (χ3n) is 12.9. The first-order valence-electron chi connectivity index (χ1n) is 27.0. The van der Waals surface area contributed by atoms with E-state index in [1.54, 1.807) is 24.3 Å². The van der Waals surface area contributed by atoms with E-state index in [0.29, 0.717) is 22.5 Å². The van der Waals surface area contributed by atoms with E-state index in [1.165, 1.54) is 33.4 Å². The molecular weight excluding hydrogens is 795 g/mol. The smallest absolute Gasteiger partial charge is 0.0713 e. The second kappa shape index (κ2) is 16.6. The van der Waals surface area contributed by atoms with E-state index >= 15 is 0 Å². The highest BCUT2D eigenvalue weighted by molar-refractivity contribution is 5.93. The van der Waals surface area contributed by atoms with E-state index in [2.05, 4.69) is 158 Å². The molecule has 0 saturated carbocycles. The second-order valence-corrected chi connectivity index (χ2v) is 16.5. The monoisotopic (exact) mass is 849 g/mol. The predicted octanol–water partition coefficient (Wildman–Crippen LogP) is 17.3. The summed E-state index contributed by atoms with van der Waals surface area (Å²) in [7, 11) is 0. The number of hydrogen-bond donors (Lipinski definition) is 0. The maximum Gasteiger partial charge on any atom is 0.0713 e. The molecule has 0 fully saturated rings. The largest absolute Gasteiger partial charge is 0.310 e. The van der Waals surface area contributed by atoms with Gasteiger partial charge in [-0.15, -0.1) is 0 Å². The van der Waals surface area contributed by atoms with Crippen LogP contribution in [-0.2, 0) is 5.41 Å². The van der Waals surface area contributed by atoms with Gasteiger partial charge in [-0.3, -0.25) is 0 Å². The van der Waals surface area contributed by atoms with Gasteiger partial charge < -0.3 is 4.90 Å². The summed E-state index contributed by atoms with van der Waals surface area (Å²) in [5.41, 5.74) is 14.7. The maximum absolute atomic E-state index is 8.59. The lowest BCUT2D eigenvalue weighted by Gasteiger charge is -2.34. The van der Waals surface area contributed by atoms with Crippen LogP contribution < -0.4 is 4.90 Å². The summed E-state index contributed by atoms with van der Waals surface area (Å²) in [5.74, 6) is 0. The van der Waals surface area contributed by atoms with Crippen LogP contribution in [0.1, 0.15) is 36.0 Å². The summed E-state index contributed by atoms with van der Waals surface area (Å²) in [6.45, 7) is 0. The normalized spacial score (nSPS) is 14.5.